The van der Waals surface area contributed by atoms with Crippen molar-refractivity contribution in [2.75, 3.05) is 13.7 Å². The Morgan fingerprint density at radius 1 is 1.11 bits per heavy atom. The molecule has 1 aliphatic heterocycles. The van der Waals surface area contributed by atoms with Gasteiger partial charge in [0.15, 0.2) is 0 Å². The quantitative estimate of drug-likeness (QED) is 0.553. The van der Waals surface area contributed by atoms with E-state index in [4.69, 9.17) is 4.74 Å². The van der Waals surface area contributed by atoms with Gasteiger partial charge in [-0.15, -0.1) is 11.8 Å². The summed E-state index contributed by atoms with van der Waals surface area (Å²) in [6, 6.07) is 14.4. The zero-order chi connectivity index (χ0) is 20.5. The Kier molecular flexibility index (Phi) is 5.89. The fourth-order valence-corrected chi connectivity index (χ4v) is 5.70. The Balaban J connectivity index is 1.91. The van der Waals surface area contributed by atoms with E-state index in [2.05, 4.69) is 20.8 Å². The maximum atomic E-state index is 13.2. The number of carbonyl (C=O) groups excluding carboxylic acids is 1. The number of nitrogens with zero attached hydrogens (tertiary/aromatic N) is 1. The summed E-state index contributed by atoms with van der Waals surface area (Å²) in [6.07, 6.45) is 0. The first-order chi connectivity index (χ1) is 13.1. The molecule has 0 aromatic heterocycles. The van der Waals surface area contributed by atoms with Gasteiger partial charge >= 0.3 is 5.97 Å². The zero-order valence-electron chi connectivity index (χ0n) is 16.5. The number of hydrogen-bond acceptors (Lipinski definition) is 5. The second-order valence-corrected chi connectivity index (χ2v) is 11.6. The topological polar surface area (TPSA) is 63.7 Å². The van der Waals surface area contributed by atoms with E-state index >= 15 is 0 Å². The molecule has 7 heteroatoms. The molecule has 3 rings (SSSR count). The van der Waals surface area contributed by atoms with Crippen molar-refractivity contribution in [2.24, 2.45) is 0 Å². The summed E-state index contributed by atoms with van der Waals surface area (Å²) in [6.45, 7) is 6.65. The second kappa shape index (κ2) is 7.89. The van der Waals surface area contributed by atoms with Crippen molar-refractivity contribution in [1.29, 1.82) is 0 Å². The number of carbonyl (C=O) groups is 1. The molecular weight excluding hydrogens is 394 g/mol. The Morgan fingerprint density at radius 2 is 1.75 bits per heavy atom. The first-order valence-electron chi connectivity index (χ1n) is 9.07. The van der Waals surface area contributed by atoms with Crippen LogP contribution in [0.5, 0.6) is 0 Å². The molecule has 0 bridgehead atoms. The lowest BCUT2D eigenvalue weighted by atomic mass is 9.91. The van der Waals surface area contributed by atoms with Crippen LogP contribution in [-0.2, 0) is 26.1 Å². The molecule has 1 atom stereocenters. The lowest BCUT2D eigenvalue weighted by Crippen LogP contribution is -2.40. The molecule has 0 saturated carbocycles. The molecule has 150 valence electrons. The standard InChI is InChI=1S/C21H25NO4S2/c1-21(2,3)27-16-9-11-17(12-10-16)28(24,25)22-13-15-7-5-6-8-18(15)19(14-22)20(23)26-4/h5-12,19H,13-14H2,1-4H3. The summed E-state index contributed by atoms with van der Waals surface area (Å²) in [4.78, 5) is 13.5. The van der Waals surface area contributed by atoms with Crippen molar-refractivity contribution in [3.05, 3.63) is 59.7 Å². The van der Waals surface area contributed by atoms with Crippen molar-refractivity contribution < 1.29 is 17.9 Å². The number of ether oxygens (including phenoxy) is 1. The molecule has 0 N–H and O–H groups in total. The summed E-state index contributed by atoms with van der Waals surface area (Å²) in [7, 11) is -2.40. The molecule has 1 unspecified atom stereocenters. The van der Waals surface area contributed by atoms with Crippen LogP contribution in [0.1, 0.15) is 37.8 Å². The number of esters is 1. The first-order valence-corrected chi connectivity index (χ1v) is 11.3. The molecule has 0 amide bonds. The van der Waals surface area contributed by atoms with Gasteiger partial charge in [0.2, 0.25) is 10.0 Å². The lowest BCUT2D eigenvalue weighted by molar-refractivity contribution is -0.142. The molecule has 28 heavy (non-hydrogen) atoms. The van der Waals surface area contributed by atoms with Gasteiger partial charge in [0.05, 0.1) is 17.9 Å². The van der Waals surface area contributed by atoms with Crippen LogP contribution in [0.25, 0.3) is 0 Å². The molecule has 0 saturated heterocycles. The van der Waals surface area contributed by atoms with Crippen LogP contribution in [0.3, 0.4) is 0 Å². The summed E-state index contributed by atoms with van der Waals surface area (Å²) in [5, 5.41) is 0. The van der Waals surface area contributed by atoms with Crippen LogP contribution in [0.15, 0.2) is 58.3 Å². The average molecular weight is 420 g/mol. The highest BCUT2D eigenvalue weighted by Crippen LogP contribution is 2.35. The molecule has 1 heterocycles. The normalized spacial score (nSPS) is 17.8. The van der Waals surface area contributed by atoms with Crippen molar-refractivity contribution in [3.8, 4) is 0 Å². The number of benzene rings is 2. The van der Waals surface area contributed by atoms with Crippen LogP contribution in [0.2, 0.25) is 0 Å². The molecule has 0 aliphatic carbocycles. The first kappa shape index (κ1) is 20.9. The Labute approximate surface area is 171 Å². The third-order valence-electron chi connectivity index (χ3n) is 4.53. The molecule has 1 aliphatic rings. The van der Waals surface area contributed by atoms with E-state index in [0.717, 1.165) is 16.0 Å². The summed E-state index contributed by atoms with van der Waals surface area (Å²) in [5.74, 6) is -1.05. The molecular formula is C21H25NO4S2. The molecule has 5 nitrogen and oxygen atoms in total. The number of methoxy groups -OCH3 is 1. The van der Waals surface area contributed by atoms with Crippen LogP contribution < -0.4 is 0 Å². The molecule has 0 spiro atoms. The monoisotopic (exact) mass is 419 g/mol. The minimum Gasteiger partial charge on any atom is -0.469 e. The third-order valence-corrected chi connectivity index (χ3v) is 7.48. The summed E-state index contributed by atoms with van der Waals surface area (Å²) >= 11 is 1.68. The number of rotatable bonds is 4. The van der Waals surface area contributed by atoms with E-state index < -0.39 is 21.9 Å². The van der Waals surface area contributed by atoms with Gasteiger partial charge < -0.3 is 4.74 Å². The minimum absolute atomic E-state index is 0.0463. The SMILES string of the molecule is COC(=O)C1CN(S(=O)(=O)c2ccc(SC(C)(C)C)cc2)Cc2ccccc21. The van der Waals surface area contributed by atoms with Gasteiger partial charge in [0.25, 0.3) is 0 Å². The largest absolute Gasteiger partial charge is 0.469 e. The van der Waals surface area contributed by atoms with E-state index in [-0.39, 0.29) is 22.7 Å². The van der Waals surface area contributed by atoms with E-state index in [9.17, 15) is 13.2 Å². The highest BCUT2D eigenvalue weighted by Gasteiger charge is 2.37. The maximum Gasteiger partial charge on any atom is 0.314 e. The molecule has 2 aromatic rings. The Bertz CT molecular complexity index is 963. The van der Waals surface area contributed by atoms with Gasteiger partial charge in [0.1, 0.15) is 0 Å². The predicted octanol–water partition coefficient (Wildman–Crippen LogP) is 4.04. The third kappa shape index (κ3) is 4.42. The number of thioether (sulfide) groups is 1. The van der Waals surface area contributed by atoms with E-state index in [1.54, 1.807) is 23.9 Å². The Morgan fingerprint density at radius 3 is 2.36 bits per heavy atom. The van der Waals surface area contributed by atoms with Crippen LogP contribution in [-0.4, -0.2) is 37.1 Å². The minimum atomic E-state index is -3.72. The molecule has 2 aromatic carbocycles. The fraction of sp³-hybridized carbons (Fsp3) is 0.381. The van der Waals surface area contributed by atoms with Crippen molar-refractivity contribution in [1.82, 2.24) is 4.31 Å². The fourth-order valence-electron chi connectivity index (χ4n) is 3.28. The van der Waals surface area contributed by atoms with E-state index in [1.165, 1.54) is 11.4 Å². The van der Waals surface area contributed by atoms with Crippen molar-refractivity contribution in [2.45, 2.75) is 47.8 Å². The van der Waals surface area contributed by atoms with Crippen LogP contribution >= 0.6 is 11.8 Å². The average Bonchev–Trinajstić information content (AvgIpc) is 2.65. The summed E-state index contributed by atoms with van der Waals surface area (Å²) in [5.41, 5.74) is 1.66. The summed E-state index contributed by atoms with van der Waals surface area (Å²) < 4.78 is 32.8. The Hall–Kier alpha value is -1.83. The highest BCUT2D eigenvalue weighted by molar-refractivity contribution is 8.00. The maximum absolute atomic E-state index is 13.2. The second-order valence-electron chi connectivity index (χ2n) is 7.76. The van der Waals surface area contributed by atoms with Gasteiger partial charge in [-0.1, -0.05) is 45.0 Å². The zero-order valence-corrected chi connectivity index (χ0v) is 18.1. The van der Waals surface area contributed by atoms with Gasteiger partial charge in [0, 0.05) is 22.7 Å². The number of hydrogen-bond donors (Lipinski definition) is 0. The van der Waals surface area contributed by atoms with Gasteiger partial charge in [-0.25, -0.2) is 8.42 Å². The smallest absolute Gasteiger partial charge is 0.314 e. The lowest BCUT2D eigenvalue weighted by Gasteiger charge is -2.32. The van der Waals surface area contributed by atoms with Crippen molar-refractivity contribution >= 4 is 27.8 Å². The highest BCUT2D eigenvalue weighted by atomic mass is 32.2. The van der Waals surface area contributed by atoms with Crippen LogP contribution in [0, 0.1) is 0 Å². The number of sulfonamides is 1. The van der Waals surface area contributed by atoms with Gasteiger partial charge in [-0.3, -0.25) is 4.79 Å². The van der Waals surface area contributed by atoms with Gasteiger partial charge in [-0.2, -0.15) is 4.31 Å². The van der Waals surface area contributed by atoms with E-state index in [0.29, 0.717) is 0 Å². The van der Waals surface area contributed by atoms with Crippen LogP contribution in [0.4, 0.5) is 0 Å². The van der Waals surface area contributed by atoms with Gasteiger partial charge in [-0.05, 0) is 35.4 Å². The molecule has 0 fully saturated rings. The predicted molar refractivity (Wildman–Crippen MR) is 111 cm³/mol. The van der Waals surface area contributed by atoms with E-state index in [1.807, 2.05) is 36.4 Å². The number of fused-ring (bicyclic) bond motifs is 1. The molecule has 0 radical (unpaired) electrons. The van der Waals surface area contributed by atoms with Crippen molar-refractivity contribution in [3.63, 3.8) is 0 Å².